The molecule has 7 aromatic heterocycles. The normalized spacial score (nSPS) is 11.9. The quantitative estimate of drug-likeness (QED) is 0.0513. The lowest BCUT2D eigenvalue weighted by molar-refractivity contribution is 0.0967. The number of halogens is 5. The average molecular weight is 1730 g/mol. The SMILES string of the molecule is CC(=O)c1sc2ccccc2c1N.Clc1cc(-c2ccccc2)nc2c1sc1ccccc12.N#Cc1ccccc1F.N#Cc1ccccc1S.Nc1c(C(=O)/C=C/c2ccccc2)sc2ccccc12.O=C1CC(c2ccccc2)Cc2c1sc1ccccc21.O=P(Cl)(Cl)Cl.O=c1cc(-c2ccccc2)[nH]c2c1sc1ccccc12. The van der Waals surface area contributed by atoms with Crippen molar-refractivity contribution in [2.75, 3.05) is 11.5 Å². The molecule has 0 amide bonds. The Hall–Kier alpha value is -11.2. The minimum atomic E-state index is -3.22. The number of hydrogen-bond donors (Lipinski definition) is 4. The molecule has 0 aliphatic heterocycles. The van der Waals surface area contributed by atoms with Crippen molar-refractivity contribution in [2.45, 2.75) is 30.6 Å². The van der Waals surface area contributed by atoms with E-state index in [1.807, 2.05) is 194 Å². The van der Waals surface area contributed by atoms with Crippen molar-refractivity contribution >= 4 is 226 Å². The monoisotopic (exact) mass is 1730 g/mol. The number of nitriles is 2. The van der Waals surface area contributed by atoms with Crippen LogP contribution in [0.15, 0.2) is 319 Å². The van der Waals surface area contributed by atoms with Crippen LogP contribution in [0, 0.1) is 28.5 Å². The number of rotatable bonds is 7. The smallest absolute Gasteiger partial charge is 0.339 e. The summed E-state index contributed by atoms with van der Waals surface area (Å²) in [7, 11) is 0. The van der Waals surface area contributed by atoms with E-state index < -0.39 is 11.0 Å². The Bertz CT molecular complexity index is 6730. The molecular weight excluding hydrogens is 1670 g/mol. The lowest BCUT2D eigenvalue weighted by atomic mass is 9.82. The van der Waals surface area contributed by atoms with Crippen molar-refractivity contribution in [2.24, 2.45) is 0 Å². The topological polar surface area (TPSA) is 214 Å². The molecule has 0 saturated heterocycles. The molecule has 574 valence electrons. The number of hydrogen-bond acceptors (Lipinski definition) is 16. The van der Waals surface area contributed by atoms with Crippen molar-refractivity contribution in [1.82, 2.24) is 9.97 Å². The third-order valence-corrected chi connectivity index (χ3v) is 24.9. The molecule has 11 aromatic carbocycles. The number of ketones is 3. The molecule has 1 atom stereocenters. The number of nitrogens with one attached hydrogen (secondary N) is 1. The number of Topliss-reactive ketones (excluding diaryl/α,β-unsaturated/α-hetero) is 2. The summed E-state index contributed by atoms with van der Waals surface area (Å²) < 4.78 is 29.5. The van der Waals surface area contributed by atoms with E-state index in [9.17, 15) is 28.1 Å². The molecular formula is C93H66Cl4FN6O5PS6. The molecule has 1 unspecified atom stereocenters. The van der Waals surface area contributed by atoms with E-state index in [-0.39, 0.29) is 22.6 Å². The highest BCUT2D eigenvalue weighted by Gasteiger charge is 2.30. The molecule has 116 heavy (non-hydrogen) atoms. The van der Waals surface area contributed by atoms with Gasteiger partial charge in [0.2, 0.25) is 0 Å². The summed E-state index contributed by atoms with van der Waals surface area (Å²) in [5.41, 5.74) is 23.3. The van der Waals surface area contributed by atoms with Crippen LogP contribution in [0.25, 0.3) is 99.5 Å². The zero-order chi connectivity index (χ0) is 81.8. The second kappa shape index (κ2) is 39.9. The number of allylic oxidation sites excluding steroid dienone is 1. The molecule has 0 spiro atoms. The molecule has 0 saturated carbocycles. The van der Waals surface area contributed by atoms with Crippen molar-refractivity contribution < 1.29 is 23.3 Å². The minimum Gasteiger partial charge on any atom is -0.397 e. The van der Waals surface area contributed by atoms with Gasteiger partial charge in [0.1, 0.15) is 18.0 Å². The maximum absolute atomic E-state index is 12.4. The van der Waals surface area contributed by atoms with Crippen LogP contribution in [-0.4, -0.2) is 27.3 Å². The van der Waals surface area contributed by atoms with Crippen LogP contribution in [0.1, 0.15) is 76.1 Å². The molecule has 1 aliphatic carbocycles. The van der Waals surface area contributed by atoms with Gasteiger partial charge in [0, 0.05) is 80.6 Å². The molecule has 19 rings (SSSR count). The summed E-state index contributed by atoms with van der Waals surface area (Å²) in [6.07, 6.45) is 5.02. The van der Waals surface area contributed by atoms with Crippen LogP contribution >= 0.6 is 120 Å². The molecule has 11 nitrogen and oxygen atoms in total. The highest BCUT2D eigenvalue weighted by Crippen LogP contribution is 2.61. The van der Waals surface area contributed by atoms with Gasteiger partial charge in [-0.15, -0.1) is 69.3 Å². The standard InChI is InChI=1S/C18H14OS.C17H10ClNS.C17H11NOS.C17H13NOS.C10H9NOS.C7H4FN.C7H5NS.Cl3OP/c19-16-11-13(12-6-2-1-3-7-12)10-15-14-8-4-5-9-17(14)20-18(15)16;18-13-10-14(11-6-2-1-3-7-11)19-16-12-8-4-5-9-15(12)20-17(13)16;19-14-10-13(11-6-2-1-3-7-11)18-16-12-8-4-5-9-15(12)20-17(14)16;18-16-13-8-4-5-9-15(13)20-17(16)14(19)11-10-12-6-2-1-3-7-12;1-6(12)10-9(11)7-4-2-3-5-8(7)13-10;8-7-4-2-1-3-6(7)5-9;8-5-6-3-1-2-4-7(6)9;1-5(2,3)4/h1-9,13H,10-11H2;1-10H;1-10H,(H,18,19);1-11H,18H2;2-5H,11H2,1H3;1-4H;1-4,9H;/b;;;11-10+;;;;. The number of nitrogens with two attached hydrogens (primary N) is 2. The largest absolute Gasteiger partial charge is 0.397 e. The number of carbonyl (C=O) groups excluding carboxylic acids is 3. The van der Waals surface area contributed by atoms with Gasteiger partial charge in [-0.3, -0.25) is 23.7 Å². The van der Waals surface area contributed by atoms with Crippen LogP contribution in [0.3, 0.4) is 0 Å². The maximum atomic E-state index is 12.4. The molecule has 0 bridgehead atoms. The van der Waals surface area contributed by atoms with Gasteiger partial charge >= 0.3 is 5.20 Å². The molecule has 18 aromatic rings. The van der Waals surface area contributed by atoms with Crippen LogP contribution < -0.4 is 16.9 Å². The van der Waals surface area contributed by atoms with Gasteiger partial charge in [-0.25, -0.2) is 9.37 Å². The molecule has 0 radical (unpaired) electrons. The number of nitrogens with zero attached hydrogens (tertiary/aromatic N) is 3. The zero-order valence-corrected chi connectivity index (χ0v) is 70.3. The van der Waals surface area contributed by atoms with Gasteiger partial charge in [0.15, 0.2) is 22.8 Å². The number of benzene rings is 11. The van der Waals surface area contributed by atoms with Gasteiger partial charge in [0.25, 0.3) is 0 Å². The van der Waals surface area contributed by atoms with Gasteiger partial charge in [-0.1, -0.05) is 254 Å². The van der Waals surface area contributed by atoms with Crippen molar-refractivity contribution in [3.05, 3.63) is 373 Å². The Balaban J connectivity index is 0.000000126. The predicted octanol–water partition coefficient (Wildman–Crippen LogP) is 28.4. The number of pyridine rings is 2. The minimum absolute atomic E-state index is 0.0405. The number of aromatic amines is 1. The number of H-pyrrole nitrogens is 1. The summed E-state index contributed by atoms with van der Waals surface area (Å²) in [6, 6.07) is 101. The van der Waals surface area contributed by atoms with Crippen LogP contribution in [-0.2, 0) is 11.0 Å². The lowest BCUT2D eigenvalue weighted by Gasteiger charge is -2.21. The van der Waals surface area contributed by atoms with Crippen LogP contribution in [0.4, 0.5) is 15.8 Å². The average Bonchev–Trinajstić information content (AvgIpc) is 1.62. The van der Waals surface area contributed by atoms with E-state index in [0.717, 1.165) is 100.0 Å². The first kappa shape index (κ1) is 84.2. The summed E-state index contributed by atoms with van der Waals surface area (Å²) in [6.45, 7) is 1.54. The third kappa shape index (κ3) is 21.5. The summed E-state index contributed by atoms with van der Waals surface area (Å²) >= 11 is 32.2. The van der Waals surface area contributed by atoms with Crippen molar-refractivity contribution in [1.29, 1.82) is 10.5 Å². The fraction of sp³-hybridized carbons (Fsp3) is 0.0430. The Labute approximate surface area is 712 Å². The van der Waals surface area contributed by atoms with E-state index in [1.165, 1.54) is 66.1 Å². The summed E-state index contributed by atoms with van der Waals surface area (Å²) in [5.74, 6) is 0.168. The Kier molecular flexibility index (Phi) is 29.0. The first-order valence-electron chi connectivity index (χ1n) is 35.7. The first-order chi connectivity index (χ1) is 56.1. The zero-order valence-electron chi connectivity index (χ0n) is 61.4. The van der Waals surface area contributed by atoms with E-state index in [0.29, 0.717) is 44.8 Å². The Morgan fingerprint density at radius 1 is 0.534 bits per heavy atom. The predicted molar refractivity (Wildman–Crippen MR) is 494 cm³/mol. The number of aromatic nitrogens is 2. The van der Waals surface area contributed by atoms with E-state index in [2.05, 4.69) is 130 Å². The number of nitrogen functional groups attached to an aromatic ring is 2. The highest BCUT2D eigenvalue weighted by molar-refractivity contribution is 8.24. The maximum Gasteiger partial charge on any atom is 0.339 e. The fourth-order valence-electron chi connectivity index (χ4n) is 12.5. The van der Waals surface area contributed by atoms with Gasteiger partial charge in [0.05, 0.1) is 68.3 Å². The molecule has 1 aliphatic rings. The molecule has 0 fully saturated rings. The summed E-state index contributed by atoms with van der Waals surface area (Å²) in [4.78, 5) is 59.4. The van der Waals surface area contributed by atoms with Crippen LogP contribution in [0.5, 0.6) is 0 Å². The number of carbonyl (C=O) groups is 3. The first-order valence-corrected chi connectivity index (χ1v) is 45.0. The number of anilines is 2. The van der Waals surface area contributed by atoms with Gasteiger partial charge in [-0.2, -0.15) is 10.5 Å². The number of thiophene rings is 5. The second-order valence-corrected chi connectivity index (χ2v) is 38.4. The summed E-state index contributed by atoms with van der Waals surface area (Å²) in [5, 5.41) is 19.7. The molecule has 7 heterocycles. The lowest BCUT2D eigenvalue weighted by Crippen LogP contribution is -2.16. The fourth-order valence-corrected chi connectivity index (χ4v) is 18.4. The van der Waals surface area contributed by atoms with E-state index in [1.54, 1.807) is 83.4 Å². The third-order valence-electron chi connectivity index (χ3n) is 18.0. The van der Waals surface area contributed by atoms with Gasteiger partial charge in [-0.05, 0) is 140 Å². The number of fused-ring (bicyclic) bond motifs is 11. The van der Waals surface area contributed by atoms with Crippen molar-refractivity contribution in [3.8, 4) is 34.7 Å². The molecule has 5 N–H and O–H groups in total. The van der Waals surface area contributed by atoms with Crippen LogP contribution in [0.2, 0.25) is 5.02 Å². The van der Waals surface area contributed by atoms with Gasteiger partial charge < -0.3 is 16.5 Å². The Morgan fingerprint density at radius 2 is 0.983 bits per heavy atom. The molecule has 23 heteroatoms. The Morgan fingerprint density at radius 3 is 1.53 bits per heavy atom. The van der Waals surface area contributed by atoms with Crippen molar-refractivity contribution in [3.63, 3.8) is 0 Å². The second-order valence-electron chi connectivity index (χ2n) is 25.7. The highest BCUT2D eigenvalue weighted by atomic mass is 36.0. The van der Waals surface area contributed by atoms with E-state index >= 15 is 0 Å². The van der Waals surface area contributed by atoms with E-state index in [4.69, 9.17) is 38.6 Å². The number of thiol groups is 1.